The minimum Gasteiger partial charge on any atom is -0.336 e. The standard InChI is InChI=1S/C15H15N5O2/c21-13(20-8-15(9-20)7-16-14(22)17-15)12-6-11(18-19-12)10-4-2-1-3-5-10/h1-6H,7-9H2,(H,18,19)(H2,16,17,22). The van der Waals surface area contributed by atoms with Gasteiger partial charge in [0.25, 0.3) is 5.91 Å². The van der Waals surface area contributed by atoms with Gasteiger partial charge in [-0.15, -0.1) is 0 Å². The number of aromatic nitrogens is 2. The van der Waals surface area contributed by atoms with Crippen LogP contribution in [0.3, 0.4) is 0 Å². The molecule has 4 rings (SSSR count). The second kappa shape index (κ2) is 4.59. The van der Waals surface area contributed by atoms with Crippen LogP contribution >= 0.6 is 0 Å². The molecule has 0 aliphatic carbocycles. The summed E-state index contributed by atoms with van der Waals surface area (Å²) in [5, 5.41) is 12.6. The molecule has 0 bridgehead atoms. The fourth-order valence-electron chi connectivity index (χ4n) is 2.96. The zero-order chi connectivity index (χ0) is 15.2. The van der Waals surface area contributed by atoms with E-state index in [9.17, 15) is 9.59 Å². The van der Waals surface area contributed by atoms with Crippen LogP contribution in [0.5, 0.6) is 0 Å². The van der Waals surface area contributed by atoms with E-state index in [1.54, 1.807) is 11.0 Å². The number of benzene rings is 1. The summed E-state index contributed by atoms with van der Waals surface area (Å²) in [5.41, 5.74) is 1.88. The Hall–Kier alpha value is -2.83. The van der Waals surface area contributed by atoms with Crippen LogP contribution in [0.1, 0.15) is 10.5 Å². The van der Waals surface area contributed by atoms with Crippen LogP contribution in [0, 0.1) is 0 Å². The third-order valence-corrected chi connectivity index (χ3v) is 4.12. The van der Waals surface area contributed by atoms with Gasteiger partial charge in [-0.05, 0) is 6.07 Å². The van der Waals surface area contributed by atoms with Gasteiger partial charge in [0.2, 0.25) is 0 Å². The van der Waals surface area contributed by atoms with Crippen molar-refractivity contribution >= 4 is 11.9 Å². The molecule has 2 saturated heterocycles. The van der Waals surface area contributed by atoms with E-state index < -0.39 is 0 Å². The summed E-state index contributed by atoms with van der Waals surface area (Å²) in [5.74, 6) is -0.0959. The van der Waals surface area contributed by atoms with Crippen molar-refractivity contribution in [3.63, 3.8) is 0 Å². The molecule has 7 nitrogen and oxygen atoms in total. The second-order valence-electron chi connectivity index (χ2n) is 5.78. The molecule has 3 N–H and O–H groups in total. The lowest BCUT2D eigenvalue weighted by atomic mass is 9.90. The van der Waals surface area contributed by atoms with Crippen LogP contribution in [0.15, 0.2) is 36.4 Å². The highest BCUT2D eigenvalue weighted by molar-refractivity contribution is 5.94. The highest BCUT2D eigenvalue weighted by Gasteiger charge is 2.49. The SMILES string of the molecule is O=C1NCC2(CN(C(=O)c3cc(-c4ccccc4)n[nH]3)C2)N1. The molecular formula is C15H15N5O2. The second-order valence-corrected chi connectivity index (χ2v) is 5.78. The molecule has 2 aliphatic rings. The molecule has 7 heteroatoms. The number of urea groups is 1. The Bertz CT molecular complexity index is 733. The molecule has 22 heavy (non-hydrogen) atoms. The Kier molecular flexibility index (Phi) is 2.69. The first-order chi connectivity index (χ1) is 10.7. The summed E-state index contributed by atoms with van der Waals surface area (Å²) < 4.78 is 0. The first-order valence-electron chi connectivity index (χ1n) is 7.11. The number of rotatable bonds is 2. The van der Waals surface area contributed by atoms with E-state index in [2.05, 4.69) is 20.8 Å². The van der Waals surface area contributed by atoms with Crippen LogP contribution in [0.4, 0.5) is 4.79 Å². The Morgan fingerprint density at radius 1 is 1.23 bits per heavy atom. The number of amides is 3. The van der Waals surface area contributed by atoms with Crippen molar-refractivity contribution in [3.8, 4) is 11.3 Å². The first kappa shape index (κ1) is 12.9. The number of carbonyl (C=O) groups excluding carboxylic acids is 2. The molecule has 1 aromatic carbocycles. The maximum absolute atomic E-state index is 12.4. The topological polar surface area (TPSA) is 90.1 Å². The van der Waals surface area contributed by atoms with Gasteiger partial charge in [-0.2, -0.15) is 5.10 Å². The van der Waals surface area contributed by atoms with Crippen molar-refractivity contribution in [1.29, 1.82) is 0 Å². The minimum atomic E-state index is -0.297. The maximum atomic E-state index is 12.4. The monoisotopic (exact) mass is 297 g/mol. The Labute approximate surface area is 126 Å². The number of H-pyrrole nitrogens is 1. The molecule has 0 atom stereocenters. The molecule has 2 fully saturated rings. The van der Waals surface area contributed by atoms with Crippen LogP contribution in [0.25, 0.3) is 11.3 Å². The van der Waals surface area contributed by atoms with Crippen molar-refractivity contribution in [2.24, 2.45) is 0 Å². The van der Waals surface area contributed by atoms with Gasteiger partial charge in [0.05, 0.1) is 11.2 Å². The molecule has 1 spiro atoms. The molecule has 2 aromatic rings. The number of nitrogens with zero attached hydrogens (tertiary/aromatic N) is 2. The Balaban J connectivity index is 1.46. The lowest BCUT2D eigenvalue weighted by Crippen LogP contribution is -2.70. The van der Waals surface area contributed by atoms with Gasteiger partial charge in [0, 0.05) is 25.2 Å². The van der Waals surface area contributed by atoms with E-state index in [1.165, 1.54) is 0 Å². The number of likely N-dealkylation sites (tertiary alicyclic amines) is 1. The van der Waals surface area contributed by atoms with Crippen molar-refractivity contribution in [2.75, 3.05) is 19.6 Å². The fraction of sp³-hybridized carbons (Fsp3) is 0.267. The quantitative estimate of drug-likeness (QED) is 0.757. The van der Waals surface area contributed by atoms with Crippen molar-refractivity contribution in [2.45, 2.75) is 5.54 Å². The Morgan fingerprint density at radius 2 is 2.00 bits per heavy atom. The predicted octanol–water partition coefficient (Wildman–Crippen LogP) is 0.584. The van der Waals surface area contributed by atoms with E-state index in [1.807, 2.05) is 30.3 Å². The summed E-state index contributed by atoms with van der Waals surface area (Å²) in [7, 11) is 0. The van der Waals surface area contributed by atoms with Gasteiger partial charge in [-0.1, -0.05) is 30.3 Å². The summed E-state index contributed by atoms with van der Waals surface area (Å²) in [4.78, 5) is 25.3. The highest BCUT2D eigenvalue weighted by Crippen LogP contribution is 2.25. The normalized spacial score (nSPS) is 18.7. The van der Waals surface area contributed by atoms with Gasteiger partial charge in [0.1, 0.15) is 5.69 Å². The number of nitrogens with one attached hydrogen (secondary N) is 3. The smallest absolute Gasteiger partial charge is 0.315 e. The zero-order valence-electron chi connectivity index (χ0n) is 11.8. The average Bonchev–Trinajstić information content (AvgIpc) is 3.13. The summed E-state index contributed by atoms with van der Waals surface area (Å²) in [6, 6.07) is 11.3. The van der Waals surface area contributed by atoms with Gasteiger partial charge in [-0.3, -0.25) is 9.89 Å². The van der Waals surface area contributed by atoms with E-state index in [4.69, 9.17) is 0 Å². The maximum Gasteiger partial charge on any atom is 0.315 e. The lowest BCUT2D eigenvalue weighted by molar-refractivity contribution is 0.0391. The zero-order valence-corrected chi connectivity index (χ0v) is 11.8. The van der Waals surface area contributed by atoms with Crippen molar-refractivity contribution in [1.82, 2.24) is 25.7 Å². The van der Waals surface area contributed by atoms with Gasteiger partial charge < -0.3 is 15.5 Å². The minimum absolute atomic E-state index is 0.0959. The van der Waals surface area contributed by atoms with Crippen LogP contribution in [0.2, 0.25) is 0 Å². The third kappa shape index (κ3) is 2.02. The molecule has 0 saturated carbocycles. The summed E-state index contributed by atoms with van der Waals surface area (Å²) in [6.07, 6.45) is 0. The third-order valence-electron chi connectivity index (χ3n) is 4.12. The molecule has 0 radical (unpaired) electrons. The predicted molar refractivity (Wildman–Crippen MR) is 79.2 cm³/mol. The highest BCUT2D eigenvalue weighted by atomic mass is 16.2. The first-order valence-corrected chi connectivity index (χ1v) is 7.11. The van der Waals surface area contributed by atoms with E-state index >= 15 is 0 Å². The lowest BCUT2D eigenvalue weighted by Gasteiger charge is -2.46. The molecule has 3 heterocycles. The molecule has 2 aliphatic heterocycles. The van der Waals surface area contributed by atoms with Crippen molar-refractivity contribution in [3.05, 3.63) is 42.1 Å². The van der Waals surface area contributed by atoms with E-state index in [-0.39, 0.29) is 17.5 Å². The molecule has 0 unspecified atom stereocenters. The molecule has 1 aromatic heterocycles. The van der Waals surface area contributed by atoms with E-state index in [0.29, 0.717) is 25.3 Å². The van der Waals surface area contributed by atoms with Crippen LogP contribution in [-0.4, -0.2) is 52.2 Å². The number of carbonyl (C=O) groups is 2. The largest absolute Gasteiger partial charge is 0.336 e. The van der Waals surface area contributed by atoms with E-state index in [0.717, 1.165) is 11.3 Å². The van der Waals surface area contributed by atoms with Gasteiger partial charge in [-0.25, -0.2) is 4.79 Å². The fourth-order valence-corrected chi connectivity index (χ4v) is 2.96. The summed E-state index contributed by atoms with van der Waals surface area (Å²) in [6.45, 7) is 1.60. The summed E-state index contributed by atoms with van der Waals surface area (Å²) >= 11 is 0. The van der Waals surface area contributed by atoms with Crippen LogP contribution < -0.4 is 10.6 Å². The average molecular weight is 297 g/mol. The van der Waals surface area contributed by atoms with Gasteiger partial charge in [0.15, 0.2) is 0 Å². The van der Waals surface area contributed by atoms with Crippen LogP contribution in [-0.2, 0) is 0 Å². The van der Waals surface area contributed by atoms with Gasteiger partial charge >= 0.3 is 6.03 Å². The van der Waals surface area contributed by atoms with Crippen molar-refractivity contribution < 1.29 is 9.59 Å². The molecule has 112 valence electrons. The number of hydrogen-bond acceptors (Lipinski definition) is 3. The molecule has 3 amide bonds. The number of hydrogen-bond donors (Lipinski definition) is 3. The Morgan fingerprint density at radius 3 is 2.68 bits per heavy atom. The number of aromatic amines is 1. The molecular weight excluding hydrogens is 282 g/mol.